The van der Waals surface area contributed by atoms with Crippen LogP contribution in [0.3, 0.4) is 0 Å². The number of allylic oxidation sites excluding steroid dienone is 4. The Hall–Kier alpha value is -1.31. The van der Waals surface area contributed by atoms with Gasteiger partial charge in [0.2, 0.25) is 0 Å². The Labute approximate surface area is 166 Å². The number of ether oxygens (including phenoxy) is 3. The molecule has 1 saturated carbocycles. The van der Waals surface area contributed by atoms with Gasteiger partial charge in [-0.2, -0.15) is 0 Å². The lowest BCUT2D eigenvalue weighted by Crippen LogP contribution is -2.42. The lowest BCUT2D eigenvalue weighted by atomic mass is 9.90. The Balaban J connectivity index is 0.000000921. The number of alkyl halides is 3. The molecule has 0 radical (unpaired) electrons. The molecule has 0 bridgehead atoms. The quantitative estimate of drug-likeness (QED) is 0.659. The van der Waals surface area contributed by atoms with E-state index in [0.717, 1.165) is 31.3 Å². The number of halogens is 3. The van der Waals surface area contributed by atoms with Crippen LogP contribution in [0.4, 0.5) is 13.2 Å². The van der Waals surface area contributed by atoms with Crippen LogP contribution < -0.4 is 5.32 Å². The summed E-state index contributed by atoms with van der Waals surface area (Å²) in [6, 6.07) is 0.381. The fourth-order valence-electron chi connectivity index (χ4n) is 3.31. The van der Waals surface area contributed by atoms with E-state index in [-0.39, 0.29) is 11.5 Å². The molecule has 0 unspecified atom stereocenters. The predicted octanol–water partition coefficient (Wildman–Crippen LogP) is 5.62. The maximum absolute atomic E-state index is 12.2. The van der Waals surface area contributed by atoms with E-state index < -0.39 is 6.36 Å². The van der Waals surface area contributed by atoms with Crippen LogP contribution >= 0.6 is 0 Å². The van der Waals surface area contributed by atoms with Crippen molar-refractivity contribution in [3.05, 3.63) is 35.6 Å². The highest BCUT2D eigenvalue weighted by Crippen LogP contribution is 2.35. The SMILES string of the molecule is CC.CC.FC(F)(F)OC1=CCC(CNC2CCC3(CC2)OCCO3)=CC=C1. The van der Waals surface area contributed by atoms with Crippen LogP contribution in [-0.2, 0) is 14.2 Å². The van der Waals surface area contributed by atoms with E-state index >= 15 is 0 Å². The standard InChI is InChI=1S/C17H22F3NO3.2C2H6/c18-17(19,20)24-15-3-1-2-13(4-5-15)12-21-14-6-8-16(9-7-14)22-10-11-23-16;2*1-2/h1-3,5,14,21H,4,6-12H2;2*1-2H3. The van der Waals surface area contributed by atoms with Crippen LogP contribution in [0.25, 0.3) is 0 Å². The largest absolute Gasteiger partial charge is 0.573 e. The molecular weight excluding hydrogens is 371 g/mol. The minimum Gasteiger partial charge on any atom is -0.406 e. The van der Waals surface area contributed by atoms with Gasteiger partial charge in [-0.3, -0.25) is 0 Å². The van der Waals surface area contributed by atoms with E-state index in [4.69, 9.17) is 9.47 Å². The molecular formula is C21H34F3NO3. The molecule has 1 N–H and O–H groups in total. The molecule has 3 rings (SSSR count). The van der Waals surface area contributed by atoms with Gasteiger partial charge < -0.3 is 19.5 Å². The van der Waals surface area contributed by atoms with Gasteiger partial charge in [-0.05, 0) is 31.4 Å². The van der Waals surface area contributed by atoms with Gasteiger partial charge in [-0.25, -0.2) is 0 Å². The van der Waals surface area contributed by atoms with Gasteiger partial charge in [0, 0.05) is 25.4 Å². The molecule has 1 saturated heterocycles. The molecule has 3 aliphatic rings. The van der Waals surface area contributed by atoms with Crippen molar-refractivity contribution < 1.29 is 27.4 Å². The summed E-state index contributed by atoms with van der Waals surface area (Å²) in [4.78, 5) is 0. The number of hydrogen-bond acceptors (Lipinski definition) is 4. The molecule has 0 amide bonds. The first kappa shape index (κ1) is 24.7. The van der Waals surface area contributed by atoms with E-state index in [2.05, 4.69) is 10.1 Å². The third-order valence-electron chi connectivity index (χ3n) is 4.57. The predicted molar refractivity (Wildman–Crippen MR) is 105 cm³/mol. The summed E-state index contributed by atoms with van der Waals surface area (Å²) in [5.41, 5.74) is 1.03. The topological polar surface area (TPSA) is 39.7 Å². The summed E-state index contributed by atoms with van der Waals surface area (Å²) in [7, 11) is 0. The van der Waals surface area contributed by atoms with Gasteiger partial charge in [-0.1, -0.05) is 45.4 Å². The minimum atomic E-state index is -4.65. The van der Waals surface area contributed by atoms with Crippen LogP contribution in [0.5, 0.6) is 0 Å². The smallest absolute Gasteiger partial charge is 0.406 e. The van der Waals surface area contributed by atoms with Crippen LogP contribution in [0, 0.1) is 0 Å². The van der Waals surface area contributed by atoms with Crippen molar-refractivity contribution >= 4 is 0 Å². The fourth-order valence-corrected chi connectivity index (χ4v) is 3.31. The van der Waals surface area contributed by atoms with Crippen LogP contribution in [0.2, 0.25) is 0 Å². The van der Waals surface area contributed by atoms with Crippen molar-refractivity contribution in [1.29, 1.82) is 0 Å². The van der Waals surface area contributed by atoms with Crippen molar-refractivity contribution in [2.24, 2.45) is 0 Å². The van der Waals surface area contributed by atoms with Gasteiger partial charge in [0.15, 0.2) is 5.79 Å². The molecule has 1 spiro atoms. The Bertz CT molecular complexity index is 526. The van der Waals surface area contributed by atoms with Crippen molar-refractivity contribution in [2.75, 3.05) is 19.8 Å². The Kier molecular flexibility index (Phi) is 10.9. The molecule has 1 heterocycles. The molecule has 0 atom stereocenters. The highest BCUT2D eigenvalue weighted by Gasteiger charge is 2.40. The second-order valence-electron chi connectivity index (χ2n) is 6.31. The third-order valence-corrected chi connectivity index (χ3v) is 4.57. The van der Waals surface area contributed by atoms with Crippen molar-refractivity contribution in [3.8, 4) is 0 Å². The highest BCUT2D eigenvalue weighted by atomic mass is 19.4. The summed E-state index contributed by atoms with van der Waals surface area (Å²) < 4.78 is 52.1. The van der Waals surface area contributed by atoms with Crippen LogP contribution in [0.1, 0.15) is 59.8 Å². The summed E-state index contributed by atoms with van der Waals surface area (Å²) in [6.45, 7) is 10.00. The van der Waals surface area contributed by atoms with Gasteiger partial charge >= 0.3 is 6.36 Å². The lowest BCUT2D eigenvalue weighted by Gasteiger charge is -2.35. The molecule has 1 aliphatic heterocycles. The first-order valence-corrected chi connectivity index (χ1v) is 10.3. The second-order valence-corrected chi connectivity index (χ2v) is 6.31. The number of hydrogen-bond donors (Lipinski definition) is 1. The van der Waals surface area contributed by atoms with Crippen LogP contribution in [-0.4, -0.2) is 37.9 Å². The third kappa shape index (κ3) is 8.37. The summed E-state index contributed by atoms with van der Waals surface area (Å²) in [5.74, 6) is -0.529. The summed E-state index contributed by atoms with van der Waals surface area (Å²) in [6.07, 6.45) is 5.72. The van der Waals surface area contributed by atoms with E-state index in [1.807, 2.05) is 33.8 Å². The minimum absolute atomic E-state index is 0.163. The van der Waals surface area contributed by atoms with E-state index in [1.54, 1.807) is 6.08 Å². The number of nitrogens with one attached hydrogen (secondary N) is 1. The lowest BCUT2D eigenvalue weighted by molar-refractivity contribution is -0.303. The normalized spacial score (nSPS) is 21.5. The molecule has 28 heavy (non-hydrogen) atoms. The Morgan fingerprint density at radius 1 is 1.11 bits per heavy atom. The van der Waals surface area contributed by atoms with Gasteiger partial charge in [0.05, 0.1) is 13.2 Å². The van der Waals surface area contributed by atoms with Crippen molar-refractivity contribution in [1.82, 2.24) is 5.32 Å². The van der Waals surface area contributed by atoms with Gasteiger partial charge in [0.1, 0.15) is 5.76 Å². The molecule has 162 valence electrons. The summed E-state index contributed by atoms with van der Waals surface area (Å²) in [5, 5.41) is 3.48. The first-order chi connectivity index (χ1) is 13.4. The zero-order valence-corrected chi connectivity index (χ0v) is 17.4. The second kappa shape index (κ2) is 12.3. The van der Waals surface area contributed by atoms with E-state index in [9.17, 15) is 13.2 Å². The molecule has 2 aliphatic carbocycles. The number of rotatable bonds is 4. The summed E-state index contributed by atoms with van der Waals surface area (Å²) >= 11 is 0. The van der Waals surface area contributed by atoms with E-state index in [0.29, 0.717) is 32.2 Å². The van der Waals surface area contributed by atoms with Crippen LogP contribution in [0.15, 0.2) is 35.6 Å². The maximum atomic E-state index is 12.2. The first-order valence-electron chi connectivity index (χ1n) is 10.3. The van der Waals surface area contributed by atoms with E-state index in [1.165, 1.54) is 12.2 Å². The molecule has 2 fully saturated rings. The zero-order chi connectivity index (χ0) is 21.0. The van der Waals surface area contributed by atoms with Gasteiger partial charge in [0.25, 0.3) is 0 Å². The Morgan fingerprint density at radius 2 is 1.71 bits per heavy atom. The Morgan fingerprint density at radius 3 is 2.29 bits per heavy atom. The van der Waals surface area contributed by atoms with Gasteiger partial charge in [-0.15, -0.1) is 13.2 Å². The average molecular weight is 406 g/mol. The molecule has 4 nitrogen and oxygen atoms in total. The van der Waals surface area contributed by atoms with Crippen molar-refractivity contribution in [2.45, 2.75) is 78.0 Å². The molecule has 0 aromatic carbocycles. The monoisotopic (exact) mass is 405 g/mol. The fraction of sp³-hybridized carbons (Fsp3) is 0.714. The molecule has 7 heteroatoms. The maximum Gasteiger partial charge on any atom is 0.573 e. The highest BCUT2D eigenvalue weighted by molar-refractivity contribution is 5.27. The molecule has 0 aromatic heterocycles. The van der Waals surface area contributed by atoms with Crippen molar-refractivity contribution in [3.63, 3.8) is 0 Å². The zero-order valence-electron chi connectivity index (χ0n) is 17.4. The molecule has 0 aromatic rings. The average Bonchev–Trinajstić information content (AvgIpc) is 3.03.